The van der Waals surface area contributed by atoms with Crippen molar-refractivity contribution in [1.82, 2.24) is 0 Å². The predicted octanol–water partition coefficient (Wildman–Crippen LogP) is 13.6. The van der Waals surface area contributed by atoms with Gasteiger partial charge in [0.15, 0.2) is 0 Å². The zero-order valence-corrected chi connectivity index (χ0v) is 28.3. The van der Waals surface area contributed by atoms with Gasteiger partial charge in [-0.2, -0.15) is 0 Å². The van der Waals surface area contributed by atoms with Crippen LogP contribution in [-0.2, 0) is 5.41 Å². The second-order valence-electron chi connectivity index (χ2n) is 13.8. The third-order valence-corrected chi connectivity index (χ3v) is 10.5. The molecule has 0 radical (unpaired) electrons. The molecule has 0 aromatic heterocycles. The first kappa shape index (κ1) is 29.9. The van der Waals surface area contributed by atoms with Crippen LogP contribution in [0.2, 0.25) is 0 Å². The van der Waals surface area contributed by atoms with Crippen molar-refractivity contribution in [2.24, 2.45) is 0 Å². The molecule has 0 aliphatic heterocycles. The first-order chi connectivity index (χ1) is 24.6. The summed E-state index contributed by atoms with van der Waals surface area (Å²) in [6.07, 6.45) is 0. The Hall–Kier alpha value is -6.18. The van der Waals surface area contributed by atoms with E-state index in [-0.39, 0.29) is 5.41 Å². The monoisotopic (exact) mass is 639 g/mol. The van der Waals surface area contributed by atoms with Gasteiger partial charge < -0.3 is 4.90 Å². The number of hydrogen-bond acceptors (Lipinski definition) is 1. The van der Waals surface area contributed by atoms with Crippen molar-refractivity contribution in [2.45, 2.75) is 19.3 Å². The molecule has 238 valence electrons. The summed E-state index contributed by atoms with van der Waals surface area (Å²) in [6, 6.07) is 68.7. The number of fused-ring (bicyclic) bond motifs is 4. The van der Waals surface area contributed by atoms with Gasteiger partial charge in [0.25, 0.3) is 0 Å². The van der Waals surface area contributed by atoms with Crippen molar-refractivity contribution in [3.8, 4) is 44.5 Å². The van der Waals surface area contributed by atoms with Crippen molar-refractivity contribution in [1.29, 1.82) is 0 Å². The minimum atomic E-state index is -0.104. The van der Waals surface area contributed by atoms with Crippen LogP contribution in [0.4, 0.5) is 17.1 Å². The summed E-state index contributed by atoms with van der Waals surface area (Å²) in [4.78, 5) is 2.48. The Bertz CT molecular complexity index is 2490. The number of benzene rings is 8. The molecule has 0 saturated heterocycles. The van der Waals surface area contributed by atoms with Crippen molar-refractivity contribution < 1.29 is 0 Å². The van der Waals surface area contributed by atoms with Crippen LogP contribution in [0, 0.1) is 0 Å². The van der Waals surface area contributed by atoms with E-state index in [9.17, 15) is 0 Å². The second kappa shape index (κ2) is 12.1. The zero-order valence-electron chi connectivity index (χ0n) is 28.3. The summed E-state index contributed by atoms with van der Waals surface area (Å²) in [5, 5.41) is 2.51. The molecule has 0 amide bonds. The lowest BCUT2D eigenvalue weighted by molar-refractivity contribution is 0.660. The van der Waals surface area contributed by atoms with Crippen LogP contribution in [0.15, 0.2) is 188 Å². The summed E-state index contributed by atoms with van der Waals surface area (Å²) in [5.74, 6) is 0. The summed E-state index contributed by atoms with van der Waals surface area (Å²) in [6.45, 7) is 4.71. The molecule has 9 rings (SSSR count). The number of rotatable bonds is 6. The molecule has 8 aromatic rings. The van der Waals surface area contributed by atoms with Crippen LogP contribution < -0.4 is 4.90 Å². The summed E-state index contributed by atoms with van der Waals surface area (Å²) < 4.78 is 0. The Morgan fingerprint density at radius 3 is 1.72 bits per heavy atom. The van der Waals surface area contributed by atoms with Crippen molar-refractivity contribution in [2.75, 3.05) is 4.90 Å². The highest BCUT2D eigenvalue weighted by molar-refractivity contribution is 5.98. The van der Waals surface area contributed by atoms with Crippen LogP contribution in [-0.4, -0.2) is 0 Å². The smallest absolute Gasteiger partial charge is 0.0543 e. The van der Waals surface area contributed by atoms with Crippen LogP contribution in [0.1, 0.15) is 25.0 Å². The largest absolute Gasteiger partial charge is 0.309 e. The van der Waals surface area contributed by atoms with E-state index in [2.05, 4.69) is 207 Å². The van der Waals surface area contributed by atoms with Gasteiger partial charge in [-0.25, -0.2) is 0 Å². The fourth-order valence-electron chi connectivity index (χ4n) is 7.89. The average Bonchev–Trinajstić information content (AvgIpc) is 3.42. The maximum absolute atomic E-state index is 2.48. The summed E-state index contributed by atoms with van der Waals surface area (Å²) >= 11 is 0. The van der Waals surface area contributed by atoms with E-state index in [1.54, 1.807) is 0 Å². The molecule has 8 aromatic carbocycles. The number of anilines is 3. The van der Waals surface area contributed by atoms with Crippen molar-refractivity contribution in [3.05, 3.63) is 199 Å². The van der Waals surface area contributed by atoms with Gasteiger partial charge in [-0.15, -0.1) is 0 Å². The molecular weight excluding hydrogens is 603 g/mol. The highest BCUT2D eigenvalue weighted by Gasteiger charge is 2.38. The normalized spacial score (nSPS) is 12.8. The Labute approximate surface area is 294 Å². The molecule has 0 unspecified atom stereocenters. The van der Waals surface area contributed by atoms with E-state index in [1.165, 1.54) is 72.1 Å². The Kier molecular flexibility index (Phi) is 7.21. The van der Waals surface area contributed by atoms with E-state index in [1.807, 2.05) is 0 Å². The lowest BCUT2D eigenvalue weighted by Crippen LogP contribution is -2.16. The maximum atomic E-state index is 2.48. The van der Waals surface area contributed by atoms with E-state index in [0.29, 0.717) is 0 Å². The zero-order chi connectivity index (χ0) is 33.7. The molecule has 0 N–H and O–H groups in total. The highest BCUT2D eigenvalue weighted by Crippen LogP contribution is 2.55. The molecule has 0 spiro atoms. The SMILES string of the molecule is CC1(C)c2ccccc2-c2c(N(c3ccc(-c4ccc5ccccc5c4)cc3)c3ccc(-c4ccccc4)cc3-c3ccccc3)cccc21. The molecule has 0 heterocycles. The van der Waals surface area contributed by atoms with E-state index in [4.69, 9.17) is 0 Å². The Morgan fingerprint density at radius 2 is 0.940 bits per heavy atom. The fraction of sp³-hybridized carbons (Fsp3) is 0.0612. The minimum Gasteiger partial charge on any atom is -0.309 e. The molecule has 1 heteroatoms. The van der Waals surface area contributed by atoms with Crippen molar-refractivity contribution in [3.63, 3.8) is 0 Å². The van der Waals surface area contributed by atoms with E-state index in [0.717, 1.165) is 11.4 Å². The van der Waals surface area contributed by atoms with Crippen molar-refractivity contribution >= 4 is 27.8 Å². The van der Waals surface area contributed by atoms with Crippen LogP contribution in [0.5, 0.6) is 0 Å². The maximum Gasteiger partial charge on any atom is 0.0543 e. The van der Waals surface area contributed by atoms with Gasteiger partial charge in [-0.1, -0.05) is 166 Å². The second-order valence-corrected chi connectivity index (χ2v) is 13.8. The molecule has 0 fully saturated rings. The highest BCUT2D eigenvalue weighted by atomic mass is 15.1. The lowest BCUT2D eigenvalue weighted by atomic mass is 9.82. The molecule has 1 aliphatic rings. The summed E-state index contributed by atoms with van der Waals surface area (Å²) in [5.41, 5.74) is 15.9. The first-order valence-corrected chi connectivity index (χ1v) is 17.4. The Morgan fingerprint density at radius 1 is 0.360 bits per heavy atom. The fourth-order valence-corrected chi connectivity index (χ4v) is 7.89. The van der Waals surface area contributed by atoms with Gasteiger partial charge in [0.1, 0.15) is 0 Å². The third-order valence-electron chi connectivity index (χ3n) is 10.5. The molecule has 1 aliphatic carbocycles. The number of nitrogens with zero attached hydrogens (tertiary/aromatic N) is 1. The summed E-state index contributed by atoms with van der Waals surface area (Å²) in [7, 11) is 0. The molecule has 1 nitrogen and oxygen atoms in total. The van der Waals surface area contributed by atoms with Gasteiger partial charge in [0.05, 0.1) is 11.4 Å². The van der Waals surface area contributed by atoms with Crippen LogP contribution in [0.25, 0.3) is 55.3 Å². The van der Waals surface area contributed by atoms with Gasteiger partial charge >= 0.3 is 0 Å². The average molecular weight is 640 g/mol. The number of hydrogen-bond donors (Lipinski definition) is 0. The van der Waals surface area contributed by atoms with Crippen LogP contribution >= 0.6 is 0 Å². The molecule has 0 atom stereocenters. The van der Waals surface area contributed by atoms with Gasteiger partial charge in [-0.05, 0) is 91.7 Å². The standard InChI is InChI=1S/C49H37N/c1-49(2)44-21-12-11-20-42(44)48-45(49)22-13-23-47(48)50(41-29-26-36(27-30-41)39-25-24-35-16-9-10-19-38(35)32-39)46-31-28-40(34-14-5-3-6-15-34)33-43(46)37-17-7-4-8-18-37/h3-33H,1-2H3. The van der Waals surface area contributed by atoms with E-state index < -0.39 is 0 Å². The van der Waals surface area contributed by atoms with Gasteiger partial charge in [-0.3, -0.25) is 0 Å². The molecule has 0 bridgehead atoms. The van der Waals surface area contributed by atoms with E-state index >= 15 is 0 Å². The lowest BCUT2D eigenvalue weighted by Gasteiger charge is -2.31. The quantitative estimate of drug-likeness (QED) is 0.175. The third kappa shape index (κ3) is 5.02. The first-order valence-electron chi connectivity index (χ1n) is 17.4. The predicted molar refractivity (Wildman–Crippen MR) is 213 cm³/mol. The van der Waals surface area contributed by atoms with Crippen LogP contribution in [0.3, 0.4) is 0 Å². The minimum absolute atomic E-state index is 0.104. The van der Waals surface area contributed by atoms with Gasteiger partial charge in [0, 0.05) is 22.2 Å². The Balaban J connectivity index is 1.28. The topological polar surface area (TPSA) is 3.24 Å². The molecular formula is C49H37N. The molecule has 50 heavy (non-hydrogen) atoms. The van der Waals surface area contributed by atoms with Gasteiger partial charge in [0.2, 0.25) is 0 Å². The molecule has 0 saturated carbocycles.